The van der Waals surface area contributed by atoms with Crippen LogP contribution in [0.3, 0.4) is 0 Å². The minimum atomic E-state index is -1.75. The molecule has 3 aliphatic rings. The highest BCUT2D eigenvalue weighted by Gasteiger charge is 2.59. The molecule has 2 saturated heterocycles. The van der Waals surface area contributed by atoms with Gasteiger partial charge in [-0.25, -0.2) is 0 Å². The number of rotatable bonds is 18. The van der Waals surface area contributed by atoms with Gasteiger partial charge in [-0.2, -0.15) is 0 Å². The van der Waals surface area contributed by atoms with Gasteiger partial charge in [0.15, 0.2) is 24.8 Å². The molecule has 0 bridgehead atoms. The maximum atomic E-state index is 14.4. The molecule has 4 aromatic rings. The predicted molar refractivity (Wildman–Crippen MR) is 231 cm³/mol. The Bertz CT molecular complexity index is 2280. The first-order chi connectivity index (χ1) is 31.9. The van der Waals surface area contributed by atoms with E-state index in [1.54, 1.807) is 12.1 Å². The van der Waals surface area contributed by atoms with Crippen LogP contribution in [0.1, 0.15) is 65.1 Å². The maximum absolute atomic E-state index is 14.4. The predicted octanol–water partition coefficient (Wildman–Crippen LogP) is 4.44. The van der Waals surface area contributed by atoms with Crippen LogP contribution in [0.2, 0.25) is 0 Å². The first-order valence-electron chi connectivity index (χ1n) is 21.5. The molecule has 0 aromatic heterocycles. The van der Waals surface area contributed by atoms with Crippen molar-refractivity contribution in [2.24, 2.45) is 0 Å². The van der Waals surface area contributed by atoms with Gasteiger partial charge in [-0.3, -0.25) is 33.7 Å². The lowest BCUT2D eigenvalue weighted by molar-refractivity contribution is -0.344. The van der Waals surface area contributed by atoms with Crippen LogP contribution in [0.15, 0.2) is 115 Å². The summed E-state index contributed by atoms with van der Waals surface area (Å²) in [7, 11) is 0. The minimum Gasteiger partial charge on any atom is -0.463 e. The summed E-state index contributed by atoms with van der Waals surface area (Å²) in [5, 5.41) is 2.94. The standard InChI is InChI=1S/C49H52N2O15/c1-29(52)50-40-44(60-25-34-18-10-6-11-19-34)42(38(27-58-24-33-16-8-5-9-17-33)64-48(40)61-26-35-20-12-7-13-21-35)66-49-41(51-46(56)36-22-14-15-23-37(36)47(51)57)45(63-32(4)55)43(62-31(3)54)39(65-49)28-59-30(2)53/h5-23,38-45,48-49H,24-28H2,1-4H3,(H,50,52)/t38-,39-,40-,41-,42-,43-,44-,45-,48+,49+/m1/s1. The molecular weight excluding hydrogens is 857 g/mol. The second-order valence-corrected chi connectivity index (χ2v) is 15.9. The lowest BCUT2D eigenvalue weighted by Gasteiger charge is -2.51. The molecule has 0 saturated carbocycles. The van der Waals surface area contributed by atoms with E-state index in [0.29, 0.717) is 0 Å². The van der Waals surface area contributed by atoms with Crippen molar-refractivity contribution >= 4 is 35.6 Å². The molecule has 0 spiro atoms. The van der Waals surface area contributed by atoms with Gasteiger partial charge in [0.25, 0.3) is 11.8 Å². The molecule has 3 amide bonds. The van der Waals surface area contributed by atoms with Crippen LogP contribution in [-0.2, 0) is 81.6 Å². The van der Waals surface area contributed by atoms with Crippen LogP contribution in [-0.4, -0.2) is 115 Å². The van der Waals surface area contributed by atoms with Crippen LogP contribution in [0.4, 0.5) is 0 Å². The summed E-state index contributed by atoms with van der Waals surface area (Å²) in [6.45, 7) is 4.22. The van der Waals surface area contributed by atoms with Crippen molar-refractivity contribution in [2.45, 2.75) is 109 Å². The fourth-order valence-corrected chi connectivity index (χ4v) is 8.22. The summed E-state index contributed by atoms with van der Waals surface area (Å²) in [5.74, 6) is -4.43. The third kappa shape index (κ3) is 11.7. The van der Waals surface area contributed by atoms with Gasteiger partial charge in [0.1, 0.15) is 43.1 Å². The third-order valence-corrected chi connectivity index (χ3v) is 11.0. The van der Waals surface area contributed by atoms with Crippen LogP contribution >= 0.6 is 0 Å². The molecule has 3 heterocycles. The van der Waals surface area contributed by atoms with Gasteiger partial charge in [-0.05, 0) is 28.8 Å². The lowest BCUT2D eigenvalue weighted by atomic mass is 9.93. The van der Waals surface area contributed by atoms with Crippen molar-refractivity contribution < 1.29 is 71.4 Å². The fraction of sp³-hybridized carbons (Fsp3) is 0.388. The zero-order chi connectivity index (χ0) is 46.7. The quantitative estimate of drug-likeness (QED) is 0.0834. The molecule has 0 radical (unpaired) electrons. The minimum absolute atomic E-state index is 0.00250. The van der Waals surface area contributed by atoms with Gasteiger partial charge in [0.2, 0.25) is 5.91 Å². The number of amides is 3. The second-order valence-electron chi connectivity index (χ2n) is 15.9. The Kier molecular flexibility index (Phi) is 16.0. The van der Waals surface area contributed by atoms with Gasteiger partial charge < -0.3 is 47.9 Å². The molecule has 17 nitrogen and oxygen atoms in total. The molecule has 7 rings (SSSR count). The van der Waals surface area contributed by atoms with E-state index in [4.69, 9.17) is 42.6 Å². The van der Waals surface area contributed by atoms with E-state index in [9.17, 15) is 28.8 Å². The highest BCUT2D eigenvalue weighted by molar-refractivity contribution is 6.21. The molecular formula is C49H52N2O15. The smallest absolute Gasteiger partial charge is 0.303 e. The number of carbonyl (C=O) groups is 6. The first kappa shape index (κ1) is 47.6. The molecule has 17 heteroatoms. The second kappa shape index (κ2) is 22.2. The maximum Gasteiger partial charge on any atom is 0.303 e. The van der Waals surface area contributed by atoms with Gasteiger partial charge in [-0.15, -0.1) is 0 Å². The van der Waals surface area contributed by atoms with E-state index in [0.717, 1.165) is 42.4 Å². The van der Waals surface area contributed by atoms with Crippen molar-refractivity contribution in [3.05, 3.63) is 143 Å². The van der Waals surface area contributed by atoms with E-state index in [-0.39, 0.29) is 37.6 Å². The molecule has 2 fully saturated rings. The molecule has 66 heavy (non-hydrogen) atoms. The van der Waals surface area contributed by atoms with E-state index in [1.807, 2.05) is 91.0 Å². The number of imide groups is 1. The van der Waals surface area contributed by atoms with Crippen LogP contribution in [0.5, 0.6) is 0 Å². The number of nitrogens with one attached hydrogen (secondary N) is 1. The van der Waals surface area contributed by atoms with E-state index in [1.165, 1.54) is 19.1 Å². The Morgan fingerprint density at radius 2 is 1.03 bits per heavy atom. The van der Waals surface area contributed by atoms with E-state index >= 15 is 0 Å². The summed E-state index contributed by atoms with van der Waals surface area (Å²) in [6.07, 6.45) is -11.1. The Balaban J connectivity index is 1.35. The van der Waals surface area contributed by atoms with Crippen LogP contribution < -0.4 is 5.32 Å². The number of nitrogens with zero attached hydrogens (tertiary/aromatic N) is 1. The van der Waals surface area contributed by atoms with Gasteiger partial charge in [0.05, 0.1) is 37.6 Å². The Labute approximate surface area is 381 Å². The lowest BCUT2D eigenvalue weighted by Crippen LogP contribution is -2.71. The van der Waals surface area contributed by atoms with E-state index in [2.05, 4.69) is 5.32 Å². The average molecular weight is 909 g/mol. The third-order valence-electron chi connectivity index (χ3n) is 11.0. The number of hydrogen-bond acceptors (Lipinski definition) is 15. The summed E-state index contributed by atoms with van der Waals surface area (Å²) in [5.41, 5.74) is 2.54. The van der Waals surface area contributed by atoms with E-state index < -0.39 is 104 Å². The Hall–Kier alpha value is -6.34. The zero-order valence-electron chi connectivity index (χ0n) is 36.8. The normalized spacial score (nSPS) is 26.0. The van der Waals surface area contributed by atoms with Crippen molar-refractivity contribution in [2.75, 3.05) is 13.2 Å². The molecule has 10 atom stereocenters. The largest absolute Gasteiger partial charge is 0.463 e. The summed E-state index contributed by atoms with van der Waals surface area (Å²) < 4.78 is 56.8. The Morgan fingerprint density at radius 1 is 0.545 bits per heavy atom. The van der Waals surface area contributed by atoms with Crippen molar-refractivity contribution in [1.82, 2.24) is 10.2 Å². The SMILES string of the molecule is CC(=O)N[C@H]1[C@@H](OCc2ccccc2)O[C@H](COCc2ccccc2)[C@@H](O[C@@H]2O[C@H](COC(C)=O)[C@@H](OC(C)=O)[C@H](OC(C)=O)[C@H]2N2C(=O)c3ccccc3C2=O)[C@@H]1OCc1ccccc1. The molecule has 1 N–H and O–H groups in total. The van der Waals surface area contributed by atoms with Crippen LogP contribution in [0, 0.1) is 0 Å². The number of esters is 3. The molecule has 4 aromatic carbocycles. The summed E-state index contributed by atoms with van der Waals surface area (Å²) in [6, 6.07) is 31.4. The fourth-order valence-electron chi connectivity index (χ4n) is 8.22. The highest BCUT2D eigenvalue weighted by Crippen LogP contribution is 2.38. The van der Waals surface area contributed by atoms with Crippen molar-refractivity contribution in [3.63, 3.8) is 0 Å². The van der Waals surface area contributed by atoms with Gasteiger partial charge in [0, 0.05) is 27.7 Å². The molecule has 3 aliphatic heterocycles. The molecule has 348 valence electrons. The molecule has 0 aliphatic carbocycles. The number of benzene rings is 4. The number of fused-ring (bicyclic) bond motifs is 1. The average Bonchev–Trinajstić information content (AvgIpc) is 3.55. The van der Waals surface area contributed by atoms with Gasteiger partial charge >= 0.3 is 17.9 Å². The number of ether oxygens (including phenoxy) is 9. The number of hydrogen-bond donors (Lipinski definition) is 1. The topological polar surface area (TPSA) is 201 Å². The first-order valence-corrected chi connectivity index (χ1v) is 21.5. The zero-order valence-corrected chi connectivity index (χ0v) is 36.8. The van der Waals surface area contributed by atoms with Crippen molar-refractivity contribution in [1.29, 1.82) is 0 Å². The van der Waals surface area contributed by atoms with Gasteiger partial charge in [-0.1, -0.05) is 103 Å². The summed E-state index contributed by atoms with van der Waals surface area (Å²) in [4.78, 5) is 80.8. The molecule has 0 unspecified atom stereocenters. The van der Waals surface area contributed by atoms with Crippen LogP contribution in [0.25, 0.3) is 0 Å². The summed E-state index contributed by atoms with van der Waals surface area (Å²) >= 11 is 0. The highest BCUT2D eigenvalue weighted by atomic mass is 16.7. The monoisotopic (exact) mass is 908 g/mol. The number of carbonyl (C=O) groups excluding carboxylic acids is 6. The Morgan fingerprint density at radius 3 is 1.56 bits per heavy atom. The van der Waals surface area contributed by atoms with Crippen molar-refractivity contribution in [3.8, 4) is 0 Å².